The lowest BCUT2D eigenvalue weighted by Gasteiger charge is -2.24. The van der Waals surface area contributed by atoms with Crippen molar-refractivity contribution in [3.63, 3.8) is 0 Å². The van der Waals surface area contributed by atoms with Crippen molar-refractivity contribution in [2.45, 2.75) is 38.6 Å². The Balaban J connectivity index is 1.65. The van der Waals surface area contributed by atoms with Gasteiger partial charge < -0.3 is 9.42 Å². The fourth-order valence-corrected chi connectivity index (χ4v) is 4.00. The normalized spacial score (nSPS) is 18.4. The van der Waals surface area contributed by atoms with Gasteiger partial charge in [0.2, 0.25) is 11.1 Å². The lowest BCUT2D eigenvalue weighted by molar-refractivity contribution is -0.132. The summed E-state index contributed by atoms with van der Waals surface area (Å²) in [5, 5.41) is 6.19. The van der Waals surface area contributed by atoms with Crippen molar-refractivity contribution >= 4 is 28.8 Å². The van der Waals surface area contributed by atoms with Crippen LogP contribution in [0.5, 0.6) is 0 Å². The molecule has 1 atom stereocenters. The molecule has 3 heterocycles. The van der Waals surface area contributed by atoms with E-state index in [1.165, 1.54) is 4.88 Å². The molecule has 0 N–H and O–H groups in total. The first-order valence-electron chi connectivity index (χ1n) is 7.10. The van der Waals surface area contributed by atoms with Crippen molar-refractivity contribution in [3.05, 3.63) is 38.9 Å². The van der Waals surface area contributed by atoms with E-state index in [1.54, 1.807) is 11.3 Å². The van der Waals surface area contributed by atoms with Gasteiger partial charge in [-0.1, -0.05) is 11.2 Å². The molecule has 4 nitrogen and oxygen atoms in total. The van der Waals surface area contributed by atoms with Crippen molar-refractivity contribution in [2.75, 3.05) is 6.54 Å². The zero-order valence-corrected chi connectivity index (χ0v) is 13.4. The standard InChI is InChI=1S/C15H17ClN2O2S/c1-10-11(15(16)20-17-10)6-7-14(19)18-8-2-4-12(18)13-5-3-9-21-13/h3,5,9,12H,2,4,6-8H2,1H3. The van der Waals surface area contributed by atoms with Crippen LogP contribution in [0.3, 0.4) is 0 Å². The monoisotopic (exact) mass is 324 g/mol. The number of amides is 1. The lowest BCUT2D eigenvalue weighted by Crippen LogP contribution is -2.30. The Morgan fingerprint density at radius 2 is 2.48 bits per heavy atom. The third kappa shape index (κ3) is 2.99. The van der Waals surface area contributed by atoms with Gasteiger partial charge in [-0.3, -0.25) is 4.79 Å². The van der Waals surface area contributed by atoms with E-state index in [0.717, 1.165) is 30.6 Å². The Bertz CT molecular complexity index is 604. The maximum Gasteiger partial charge on any atom is 0.229 e. The van der Waals surface area contributed by atoms with Crippen LogP contribution in [0.15, 0.2) is 22.0 Å². The molecular formula is C15H17ClN2O2S. The van der Waals surface area contributed by atoms with E-state index in [-0.39, 0.29) is 11.9 Å². The van der Waals surface area contributed by atoms with Gasteiger partial charge in [0, 0.05) is 23.4 Å². The van der Waals surface area contributed by atoms with Crippen LogP contribution >= 0.6 is 22.9 Å². The molecule has 1 unspecified atom stereocenters. The molecule has 0 aliphatic carbocycles. The van der Waals surface area contributed by atoms with Crippen LogP contribution in [0.1, 0.15) is 41.4 Å². The van der Waals surface area contributed by atoms with Crippen molar-refractivity contribution in [1.29, 1.82) is 0 Å². The van der Waals surface area contributed by atoms with Crippen LogP contribution in [0, 0.1) is 6.92 Å². The van der Waals surface area contributed by atoms with Crippen molar-refractivity contribution in [3.8, 4) is 0 Å². The topological polar surface area (TPSA) is 46.3 Å². The van der Waals surface area contributed by atoms with Gasteiger partial charge in [0.1, 0.15) is 0 Å². The van der Waals surface area contributed by atoms with Crippen LogP contribution in [0.2, 0.25) is 5.22 Å². The minimum atomic E-state index is 0.183. The highest BCUT2D eigenvalue weighted by Gasteiger charge is 2.30. The number of aryl methyl sites for hydroxylation is 1. The first kappa shape index (κ1) is 14.6. The minimum absolute atomic E-state index is 0.183. The summed E-state index contributed by atoms with van der Waals surface area (Å²) < 4.78 is 4.93. The highest BCUT2D eigenvalue weighted by atomic mass is 35.5. The quantitative estimate of drug-likeness (QED) is 0.854. The van der Waals surface area contributed by atoms with E-state index in [1.807, 2.05) is 17.9 Å². The molecule has 0 spiro atoms. The number of nitrogens with zero attached hydrogens (tertiary/aromatic N) is 2. The second kappa shape index (κ2) is 6.20. The van der Waals surface area contributed by atoms with Crippen LogP contribution < -0.4 is 0 Å². The Kier molecular flexibility index (Phi) is 4.31. The Labute approximate surface area is 132 Å². The van der Waals surface area contributed by atoms with Gasteiger partial charge >= 0.3 is 0 Å². The molecule has 1 aliphatic rings. The number of hydrogen-bond donors (Lipinski definition) is 0. The number of thiophene rings is 1. The van der Waals surface area contributed by atoms with E-state index in [4.69, 9.17) is 16.1 Å². The Morgan fingerprint density at radius 1 is 1.62 bits per heavy atom. The van der Waals surface area contributed by atoms with Crippen molar-refractivity contribution < 1.29 is 9.32 Å². The van der Waals surface area contributed by atoms with Crippen LogP contribution in [0.4, 0.5) is 0 Å². The lowest BCUT2D eigenvalue weighted by atomic mass is 10.1. The highest BCUT2D eigenvalue weighted by molar-refractivity contribution is 7.10. The summed E-state index contributed by atoms with van der Waals surface area (Å²) in [5.41, 5.74) is 1.61. The van der Waals surface area contributed by atoms with Gasteiger partial charge in [-0.2, -0.15) is 0 Å². The number of halogens is 1. The third-order valence-corrected chi connectivity index (χ3v) is 5.24. The molecule has 2 aromatic heterocycles. The summed E-state index contributed by atoms with van der Waals surface area (Å²) in [6, 6.07) is 4.40. The zero-order valence-electron chi connectivity index (χ0n) is 11.8. The maximum atomic E-state index is 12.5. The predicted octanol–water partition coefficient (Wildman–Crippen LogP) is 3.99. The van der Waals surface area contributed by atoms with Crippen molar-refractivity contribution in [2.24, 2.45) is 0 Å². The number of hydrogen-bond acceptors (Lipinski definition) is 4. The van der Waals surface area contributed by atoms with E-state index in [2.05, 4.69) is 16.6 Å². The average molecular weight is 325 g/mol. The number of likely N-dealkylation sites (tertiary alicyclic amines) is 1. The first-order chi connectivity index (χ1) is 10.2. The molecule has 6 heteroatoms. The van der Waals surface area contributed by atoms with Crippen LogP contribution in [-0.2, 0) is 11.2 Å². The summed E-state index contributed by atoms with van der Waals surface area (Å²) in [7, 11) is 0. The van der Waals surface area contributed by atoms with Crippen LogP contribution in [0.25, 0.3) is 0 Å². The molecule has 0 bridgehead atoms. The number of aromatic nitrogens is 1. The molecule has 0 aromatic carbocycles. The average Bonchev–Trinajstić information content (AvgIpc) is 3.18. The van der Waals surface area contributed by atoms with E-state index >= 15 is 0 Å². The molecule has 112 valence electrons. The van der Waals surface area contributed by atoms with Gasteiger partial charge in [-0.15, -0.1) is 11.3 Å². The third-order valence-electron chi connectivity index (χ3n) is 3.97. The number of rotatable bonds is 4. The molecule has 1 amide bonds. The van der Waals surface area contributed by atoms with Gasteiger partial charge in [0.25, 0.3) is 0 Å². The van der Waals surface area contributed by atoms with Crippen LogP contribution in [-0.4, -0.2) is 22.5 Å². The zero-order chi connectivity index (χ0) is 14.8. The van der Waals surface area contributed by atoms with Gasteiger partial charge in [-0.05, 0) is 49.2 Å². The maximum absolute atomic E-state index is 12.5. The number of carbonyl (C=O) groups excluding carboxylic acids is 1. The first-order valence-corrected chi connectivity index (χ1v) is 8.36. The molecule has 3 rings (SSSR count). The fourth-order valence-electron chi connectivity index (χ4n) is 2.86. The van der Waals surface area contributed by atoms with E-state index in [9.17, 15) is 4.79 Å². The Hall–Kier alpha value is -1.33. The van der Waals surface area contributed by atoms with Gasteiger partial charge in [-0.25, -0.2) is 0 Å². The highest BCUT2D eigenvalue weighted by Crippen LogP contribution is 2.35. The summed E-state index contributed by atoms with van der Waals surface area (Å²) in [6.45, 7) is 2.69. The Morgan fingerprint density at radius 3 is 3.14 bits per heavy atom. The smallest absolute Gasteiger partial charge is 0.229 e. The van der Waals surface area contributed by atoms with Gasteiger partial charge in [0.15, 0.2) is 0 Å². The van der Waals surface area contributed by atoms with E-state index < -0.39 is 0 Å². The van der Waals surface area contributed by atoms with Gasteiger partial charge in [0.05, 0.1) is 11.7 Å². The molecular weight excluding hydrogens is 308 g/mol. The largest absolute Gasteiger partial charge is 0.344 e. The molecule has 2 aromatic rings. The molecule has 1 saturated heterocycles. The summed E-state index contributed by atoms with van der Waals surface area (Å²) >= 11 is 7.67. The summed E-state index contributed by atoms with van der Waals surface area (Å²) in [5.74, 6) is 0.183. The van der Waals surface area contributed by atoms with E-state index in [0.29, 0.717) is 18.1 Å². The fraction of sp³-hybridized carbons (Fsp3) is 0.467. The minimum Gasteiger partial charge on any atom is -0.344 e. The second-order valence-corrected chi connectivity index (χ2v) is 6.60. The molecule has 1 aliphatic heterocycles. The molecule has 1 fully saturated rings. The molecule has 21 heavy (non-hydrogen) atoms. The van der Waals surface area contributed by atoms with Crippen molar-refractivity contribution in [1.82, 2.24) is 10.1 Å². The molecule has 0 saturated carbocycles. The summed E-state index contributed by atoms with van der Waals surface area (Å²) in [6.07, 6.45) is 3.16. The SMILES string of the molecule is Cc1noc(Cl)c1CCC(=O)N1CCCC1c1cccs1. The molecule has 0 radical (unpaired) electrons. The second-order valence-electron chi connectivity index (χ2n) is 5.28. The summed E-state index contributed by atoms with van der Waals surface area (Å²) in [4.78, 5) is 15.8. The predicted molar refractivity (Wildman–Crippen MR) is 82.6 cm³/mol. The number of carbonyl (C=O) groups is 1.